The first-order valence-electron chi connectivity index (χ1n) is 8.04. The summed E-state index contributed by atoms with van der Waals surface area (Å²) < 4.78 is 51.5. The van der Waals surface area contributed by atoms with Gasteiger partial charge in [0.05, 0.1) is 6.61 Å². The predicted octanol–water partition coefficient (Wildman–Crippen LogP) is 4.19. The highest BCUT2D eigenvalue weighted by Gasteiger charge is 2.31. The molecule has 1 N–H and O–H groups in total. The molecule has 1 aromatic rings. The fourth-order valence-electron chi connectivity index (χ4n) is 2.22. The summed E-state index contributed by atoms with van der Waals surface area (Å²) in [6.07, 6.45) is -1.52. The lowest BCUT2D eigenvalue weighted by atomic mass is 10.1. The number of halogens is 3. The van der Waals surface area contributed by atoms with Crippen LogP contribution in [-0.4, -0.2) is 37.8 Å². The lowest BCUT2D eigenvalue weighted by Gasteiger charge is -2.15. The minimum Gasteiger partial charge on any atom is -0.493 e. The molecule has 0 spiro atoms. The van der Waals surface area contributed by atoms with Gasteiger partial charge in [0, 0.05) is 26.2 Å². The van der Waals surface area contributed by atoms with E-state index in [0.29, 0.717) is 51.1 Å². The van der Waals surface area contributed by atoms with Gasteiger partial charge in [0.25, 0.3) is 0 Å². The Morgan fingerprint density at radius 2 is 1.88 bits per heavy atom. The van der Waals surface area contributed by atoms with Gasteiger partial charge in [-0.25, -0.2) is 0 Å². The molecule has 0 heterocycles. The molecule has 0 saturated heterocycles. The number of aryl methyl sites for hydroxylation is 1. The second kappa shape index (κ2) is 10.8. The largest absolute Gasteiger partial charge is 0.573 e. The van der Waals surface area contributed by atoms with Crippen LogP contribution < -0.4 is 9.47 Å². The van der Waals surface area contributed by atoms with Crippen molar-refractivity contribution >= 4 is 5.97 Å². The number of aliphatic carboxylic acids is 1. The topological polar surface area (TPSA) is 65.0 Å². The average Bonchev–Trinajstić information content (AvgIpc) is 2.51. The van der Waals surface area contributed by atoms with Gasteiger partial charge in [-0.15, -0.1) is 13.2 Å². The maximum Gasteiger partial charge on any atom is 0.573 e. The van der Waals surface area contributed by atoms with Crippen molar-refractivity contribution in [2.45, 2.75) is 44.9 Å². The van der Waals surface area contributed by atoms with Crippen LogP contribution in [0.15, 0.2) is 18.2 Å². The molecule has 0 radical (unpaired) electrons. The highest BCUT2D eigenvalue weighted by atomic mass is 19.4. The Kier molecular flexibility index (Phi) is 9.12. The molecule has 0 aliphatic heterocycles. The van der Waals surface area contributed by atoms with E-state index in [1.165, 1.54) is 12.1 Å². The molecule has 0 amide bonds. The van der Waals surface area contributed by atoms with E-state index in [1.54, 1.807) is 13.2 Å². The van der Waals surface area contributed by atoms with Crippen molar-refractivity contribution in [2.24, 2.45) is 0 Å². The van der Waals surface area contributed by atoms with Crippen LogP contribution in [0.25, 0.3) is 0 Å². The molecule has 0 fully saturated rings. The van der Waals surface area contributed by atoms with Gasteiger partial charge in [-0.05, 0) is 43.7 Å². The predicted molar refractivity (Wildman–Crippen MR) is 84.9 cm³/mol. The Morgan fingerprint density at radius 3 is 2.52 bits per heavy atom. The smallest absolute Gasteiger partial charge is 0.493 e. The normalized spacial score (nSPS) is 11.4. The van der Waals surface area contributed by atoms with Crippen LogP contribution in [0, 0.1) is 0 Å². The van der Waals surface area contributed by atoms with Crippen LogP contribution in [0.2, 0.25) is 0 Å². The number of methoxy groups -OCH3 is 1. The number of benzene rings is 1. The van der Waals surface area contributed by atoms with Crippen molar-refractivity contribution in [3.8, 4) is 11.5 Å². The van der Waals surface area contributed by atoms with E-state index in [2.05, 4.69) is 4.74 Å². The van der Waals surface area contributed by atoms with Gasteiger partial charge in [-0.2, -0.15) is 0 Å². The van der Waals surface area contributed by atoms with E-state index in [9.17, 15) is 18.0 Å². The quantitative estimate of drug-likeness (QED) is 0.564. The minimum absolute atomic E-state index is 0.0944. The second-order valence-corrected chi connectivity index (χ2v) is 5.47. The molecule has 0 bridgehead atoms. The van der Waals surface area contributed by atoms with Gasteiger partial charge in [-0.1, -0.05) is 6.07 Å². The van der Waals surface area contributed by atoms with Gasteiger partial charge >= 0.3 is 12.3 Å². The first kappa shape index (κ1) is 21.1. The first-order valence-corrected chi connectivity index (χ1v) is 8.04. The Hall–Kier alpha value is -1.96. The summed E-state index contributed by atoms with van der Waals surface area (Å²) in [6, 6.07) is 4.04. The number of alkyl halides is 3. The average molecular weight is 364 g/mol. The number of carboxylic acids is 1. The number of unbranched alkanes of at least 4 members (excludes halogenated alkanes) is 2. The van der Waals surface area contributed by atoms with Gasteiger partial charge in [0.1, 0.15) is 11.5 Å². The summed E-state index contributed by atoms with van der Waals surface area (Å²) in [5, 5.41) is 8.56. The molecule has 142 valence electrons. The van der Waals surface area contributed by atoms with E-state index in [1.807, 2.05) is 0 Å². The van der Waals surface area contributed by atoms with Crippen molar-refractivity contribution in [1.29, 1.82) is 0 Å². The molecule has 0 atom stereocenters. The van der Waals surface area contributed by atoms with E-state index >= 15 is 0 Å². The highest BCUT2D eigenvalue weighted by Crippen LogP contribution is 2.30. The molecule has 0 aromatic heterocycles. The zero-order valence-electron chi connectivity index (χ0n) is 14.1. The molecule has 0 aliphatic rings. The number of hydrogen-bond donors (Lipinski definition) is 1. The number of carbonyl (C=O) groups is 1. The van der Waals surface area contributed by atoms with Gasteiger partial charge in [0.15, 0.2) is 0 Å². The van der Waals surface area contributed by atoms with Gasteiger partial charge < -0.3 is 19.3 Å². The molecule has 0 unspecified atom stereocenters. The van der Waals surface area contributed by atoms with E-state index in [4.69, 9.17) is 14.6 Å². The number of hydrogen-bond acceptors (Lipinski definition) is 4. The second-order valence-electron chi connectivity index (χ2n) is 5.47. The standard InChI is InChI=1S/C17H23F3O5/c1-23-10-5-6-13-8-9-14(25-17(18,19)20)12-15(13)24-11-4-2-3-7-16(21)22/h8-9,12H,2-7,10-11H2,1H3,(H,21,22). The summed E-state index contributed by atoms with van der Waals surface area (Å²) >= 11 is 0. The third-order valence-electron chi connectivity index (χ3n) is 3.36. The SMILES string of the molecule is COCCCc1ccc(OC(F)(F)F)cc1OCCCCCC(=O)O. The number of carboxylic acid groups (broad SMARTS) is 1. The van der Waals surface area contributed by atoms with Crippen LogP contribution in [0.1, 0.15) is 37.7 Å². The van der Waals surface area contributed by atoms with Crippen LogP contribution in [0.5, 0.6) is 11.5 Å². The Bertz CT molecular complexity index is 532. The molecular formula is C17H23F3O5. The molecule has 5 nitrogen and oxygen atoms in total. The lowest BCUT2D eigenvalue weighted by molar-refractivity contribution is -0.274. The number of ether oxygens (including phenoxy) is 3. The summed E-state index contributed by atoms with van der Waals surface area (Å²) in [4.78, 5) is 10.4. The maximum atomic E-state index is 12.4. The lowest BCUT2D eigenvalue weighted by Crippen LogP contribution is -2.17. The summed E-state index contributed by atoms with van der Waals surface area (Å²) in [7, 11) is 1.58. The van der Waals surface area contributed by atoms with Gasteiger partial charge in [0.2, 0.25) is 0 Å². The first-order chi connectivity index (χ1) is 11.8. The molecule has 0 saturated carbocycles. The van der Waals surface area contributed by atoms with Crippen molar-refractivity contribution in [3.05, 3.63) is 23.8 Å². The Labute approximate surface area is 144 Å². The monoisotopic (exact) mass is 364 g/mol. The molecule has 25 heavy (non-hydrogen) atoms. The van der Waals surface area contributed by atoms with Crippen molar-refractivity contribution in [1.82, 2.24) is 0 Å². The highest BCUT2D eigenvalue weighted by molar-refractivity contribution is 5.66. The van der Waals surface area contributed by atoms with E-state index < -0.39 is 12.3 Å². The molecule has 1 aromatic carbocycles. The van der Waals surface area contributed by atoms with Crippen LogP contribution in [-0.2, 0) is 16.0 Å². The Morgan fingerprint density at radius 1 is 1.12 bits per heavy atom. The molecule has 1 rings (SSSR count). The summed E-state index contributed by atoms with van der Waals surface area (Å²) in [6.45, 7) is 0.835. The zero-order chi connectivity index (χ0) is 18.7. The van der Waals surface area contributed by atoms with Crippen LogP contribution >= 0.6 is 0 Å². The fraction of sp³-hybridized carbons (Fsp3) is 0.588. The van der Waals surface area contributed by atoms with Crippen molar-refractivity contribution in [2.75, 3.05) is 20.3 Å². The Balaban J connectivity index is 2.63. The zero-order valence-corrected chi connectivity index (χ0v) is 14.1. The van der Waals surface area contributed by atoms with Crippen molar-refractivity contribution in [3.63, 3.8) is 0 Å². The van der Waals surface area contributed by atoms with E-state index in [-0.39, 0.29) is 12.2 Å². The van der Waals surface area contributed by atoms with Crippen LogP contribution in [0.3, 0.4) is 0 Å². The maximum absolute atomic E-state index is 12.4. The van der Waals surface area contributed by atoms with Crippen LogP contribution in [0.4, 0.5) is 13.2 Å². The fourth-order valence-corrected chi connectivity index (χ4v) is 2.22. The third-order valence-corrected chi connectivity index (χ3v) is 3.36. The summed E-state index contributed by atoms with van der Waals surface area (Å²) in [5.74, 6) is -0.835. The molecule has 8 heteroatoms. The molecular weight excluding hydrogens is 341 g/mol. The van der Waals surface area contributed by atoms with Crippen molar-refractivity contribution < 1.29 is 37.3 Å². The minimum atomic E-state index is -4.76. The molecule has 0 aliphatic carbocycles. The third kappa shape index (κ3) is 9.81. The number of rotatable bonds is 12. The summed E-state index contributed by atoms with van der Waals surface area (Å²) in [5.41, 5.74) is 0.775. The van der Waals surface area contributed by atoms with E-state index in [0.717, 1.165) is 5.56 Å². The van der Waals surface area contributed by atoms with Gasteiger partial charge in [-0.3, -0.25) is 4.79 Å².